The van der Waals surface area contributed by atoms with Crippen molar-refractivity contribution in [3.8, 4) is 5.75 Å². The van der Waals surface area contributed by atoms with E-state index in [-0.39, 0.29) is 6.29 Å². The van der Waals surface area contributed by atoms with Crippen molar-refractivity contribution in [2.75, 3.05) is 0 Å². The maximum atomic E-state index is 5.56. The molecule has 72 valence electrons. The molecule has 0 fully saturated rings. The van der Waals surface area contributed by atoms with E-state index < -0.39 is 0 Å². The van der Waals surface area contributed by atoms with Crippen LogP contribution in [0.25, 0.3) is 0 Å². The van der Waals surface area contributed by atoms with Crippen LogP contribution in [0.3, 0.4) is 0 Å². The van der Waals surface area contributed by atoms with Crippen LogP contribution in [-0.4, -0.2) is 6.29 Å². The van der Waals surface area contributed by atoms with Gasteiger partial charge in [0.1, 0.15) is 5.75 Å². The smallest absolute Gasteiger partial charge is 0.202 e. The van der Waals surface area contributed by atoms with E-state index in [1.165, 1.54) is 0 Å². The summed E-state index contributed by atoms with van der Waals surface area (Å²) in [6.45, 7) is 2.10. The van der Waals surface area contributed by atoms with E-state index in [1.54, 1.807) is 0 Å². The van der Waals surface area contributed by atoms with Crippen LogP contribution < -0.4 is 4.74 Å². The van der Waals surface area contributed by atoms with Gasteiger partial charge in [-0.1, -0.05) is 31.5 Å². The molecule has 0 heterocycles. The highest BCUT2D eigenvalue weighted by Crippen LogP contribution is 2.15. The average Bonchev–Trinajstić information content (AvgIpc) is 2.19. The maximum Gasteiger partial charge on any atom is 0.202 e. The molecular weight excluding hydrogens is 183 g/mol. The zero-order chi connectivity index (χ0) is 9.52. The molecule has 2 atom stereocenters. The SMILES string of the molecule is CCCC(OP)Oc1ccccc1. The molecule has 2 unspecified atom stereocenters. The van der Waals surface area contributed by atoms with Gasteiger partial charge in [-0.05, 0) is 12.1 Å². The quantitative estimate of drug-likeness (QED) is 0.535. The van der Waals surface area contributed by atoms with Crippen LogP contribution in [0.4, 0.5) is 0 Å². The molecule has 0 N–H and O–H groups in total. The summed E-state index contributed by atoms with van der Waals surface area (Å²) in [5.74, 6) is 0.850. The Morgan fingerprint density at radius 3 is 2.54 bits per heavy atom. The molecule has 3 heteroatoms. The van der Waals surface area contributed by atoms with E-state index in [0.717, 1.165) is 18.6 Å². The molecule has 0 aromatic heterocycles. The van der Waals surface area contributed by atoms with Gasteiger partial charge in [0.05, 0.1) is 0 Å². The maximum absolute atomic E-state index is 5.56. The third-order valence-electron chi connectivity index (χ3n) is 1.69. The zero-order valence-corrected chi connectivity index (χ0v) is 8.93. The fourth-order valence-corrected chi connectivity index (χ4v) is 1.23. The van der Waals surface area contributed by atoms with E-state index in [4.69, 9.17) is 9.26 Å². The topological polar surface area (TPSA) is 18.5 Å². The van der Waals surface area contributed by atoms with Gasteiger partial charge in [-0.15, -0.1) is 0 Å². The number of hydrogen-bond donors (Lipinski definition) is 0. The second-order valence-corrected chi connectivity index (χ2v) is 3.06. The lowest BCUT2D eigenvalue weighted by Crippen LogP contribution is -2.15. The lowest BCUT2D eigenvalue weighted by molar-refractivity contribution is 0.0143. The van der Waals surface area contributed by atoms with Gasteiger partial charge in [0.15, 0.2) is 0 Å². The van der Waals surface area contributed by atoms with Crippen molar-refractivity contribution in [2.45, 2.75) is 26.1 Å². The van der Waals surface area contributed by atoms with E-state index in [0.29, 0.717) is 0 Å². The first-order chi connectivity index (χ1) is 6.36. The van der Waals surface area contributed by atoms with Crippen LogP contribution >= 0.6 is 9.47 Å². The number of ether oxygens (including phenoxy) is 1. The molecule has 0 saturated carbocycles. The second-order valence-electron chi connectivity index (χ2n) is 2.79. The van der Waals surface area contributed by atoms with Gasteiger partial charge in [0.2, 0.25) is 6.29 Å². The van der Waals surface area contributed by atoms with Crippen LogP contribution in [0.2, 0.25) is 0 Å². The minimum absolute atomic E-state index is 0.155. The Morgan fingerprint density at radius 1 is 1.31 bits per heavy atom. The van der Waals surface area contributed by atoms with Gasteiger partial charge in [0.25, 0.3) is 0 Å². The highest BCUT2D eigenvalue weighted by atomic mass is 31.0. The van der Waals surface area contributed by atoms with Crippen LogP contribution in [0.5, 0.6) is 5.75 Å². The minimum atomic E-state index is -0.155. The molecule has 0 aliphatic carbocycles. The van der Waals surface area contributed by atoms with Crippen molar-refractivity contribution < 1.29 is 9.26 Å². The van der Waals surface area contributed by atoms with Crippen molar-refractivity contribution >= 4 is 9.47 Å². The molecule has 1 aromatic rings. The van der Waals surface area contributed by atoms with Gasteiger partial charge in [-0.2, -0.15) is 0 Å². The summed E-state index contributed by atoms with van der Waals surface area (Å²) in [5.41, 5.74) is 0. The van der Waals surface area contributed by atoms with Crippen LogP contribution in [0.15, 0.2) is 30.3 Å². The van der Waals surface area contributed by atoms with E-state index in [9.17, 15) is 0 Å². The van der Waals surface area contributed by atoms with Gasteiger partial charge in [-0.25, -0.2) is 0 Å². The van der Waals surface area contributed by atoms with Crippen molar-refractivity contribution in [3.05, 3.63) is 30.3 Å². The largest absolute Gasteiger partial charge is 0.465 e. The summed E-state index contributed by atoms with van der Waals surface area (Å²) in [6.07, 6.45) is 1.79. The normalized spacial score (nSPS) is 12.5. The standard InChI is InChI=1S/C10H15O2P/c1-2-6-10(12-13)11-9-7-4-3-5-8-9/h3-5,7-8,10H,2,6,13H2,1H3. The molecule has 0 aliphatic heterocycles. The summed E-state index contributed by atoms with van der Waals surface area (Å²) >= 11 is 0. The Kier molecular flexibility index (Phi) is 4.81. The van der Waals surface area contributed by atoms with Crippen LogP contribution in [0, 0.1) is 0 Å². The Bertz CT molecular complexity index is 226. The molecule has 13 heavy (non-hydrogen) atoms. The molecule has 0 spiro atoms. The number of hydrogen-bond acceptors (Lipinski definition) is 2. The highest BCUT2D eigenvalue weighted by Gasteiger charge is 2.06. The first-order valence-electron chi connectivity index (χ1n) is 4.44. The molecule has 0 radical (unpaired) electrons. The first kappa shape index (κ1) is 10.5. The molecule has 0 amide bonds. The third kappa shape index (κ3) is 3.75. The molecule has 0 bridgehead atoms. The van der Waals surface area contributed by atoms with Crippen molar-refractivity contribution in [1.29, 1.82) is 0 Å². The molecule has 0 saturated heterocycles. The number of rotatable bonds is 5. The molecular formula is C10H15O2P. The van der Waals surface area contributed by atoms with Gasteiger partial charge >= 0.3 is 0 Å². The van der Waals surface area contributed by atoms with Crippen LogP contribution in [-0.2, 0) is 4.52 Å². The highest BCUT2D eigenvalue weighted by molar-refractivity contribution is 7.09. The van der Waals surface area contributed by atoms with Crippen LogP contribution in [0.1, 0.15) is 19.8 Å². The van der Waals surface area contributed by atoms with E-state index in [2.05, 4.69) is 16.4 Å². The lowest BCUT2D eigenvalue weighted by atomic mass is 10.3. The van der Waals surface area contributed by atoms with Crippen molar-refractivity contribution in [1.82, 2.24) is 0 Å². The number of para-hydroxylation sites is 1. The molecule has 2 nitrogen and oxygen atoms in total. The summed E-state index contributed by atoms with van der Waals surface area (Å²) in [5, 5.41) is 0. The Hall–Kier alpha value is -0.590. The fourth-order valence-electron chi connectivity index (χ4n) is 1.04. The van der Waals surface area contributed by atoms with Gasteiger partial charge in [-0.3, -0.25) is 0 Å². The predicted octanol–water partition coefficient (Wildman–Crippen LogP) is 3.00. The zero-order valence-electron chi connectivity index (χ0n) is 7.77. The Morgan fingerprint density at radius 2 is 2.00 bits per heavy atom. The third-order valence-corrected chi connectivity index (χ3v) is 1.99. The predicted molar refractivity (Wildman–Crippen MR) is 56.6 cm³/mol. The van der Waals surface area contributed by atoms with Crippen molar-refractivity contribution in [3.63, 3.8) is 0 Å². The minimum Gasteiger partial charge on any atom is -0.465 e. The monoisotopic (exact) mass is 198 g/mol. The summed E-state index contributed by atoms with van der Waals surface area (Å²) in [4.78, 5) is 0. The molecule has 0 aliphatic rings. The average molecular weight is 198 g/mol. The second kappa shape index (κ2) is 5.95. The first-order valence-corrected chi connectivity index (χ1v) is 4.91. The Balaban J connectivity index is 2.46. The molecule has 1 rings (SSSR count). The summed E-state index contributed by atoms with van der Waals surface area (Å²) in [6, 6.07) is 9.70. The van der Waals surface area contributed by atoms with Gasteiger partial charge in [0, 0.05) is 15.9 Å². The molecule has 1 aromatic carbocycles. The summed E-state index contributed by atoms with van der Waals surface area (Å²) < 4.78 is 10.7. The number of benzene rings is 1. The van der Waals surface area contributed by atoms with E-state index in [1.807, 2.05) is 30.3 Å². The Labute approximate surface area is 81.5 Å². The van der Waals surface area contributed by atoms with Crippen molar-refractivity contribution in [2.24, 2.45) is 0 Å². The fraction of sp³-hybridized carbons (Fsp3) is 0.400. The van der Waals surface area contributed by atoms with E-state index >= 15 is 0 Å². The van der Waals surface area contributed by atoms with Gasteiger partial charge < -0.3 is 9.26 Å². The lowest BCUT2D eigenvalue weighted by Gasteiger charge is -2.15. The summed E-state index contributed by atoms with van der Waals surface area (Å²) in [7, 11) is 2.24.